The van der Waals surface area contributed by atoms with E-state index in [1.807, 2.05) is 28.7 Å². The van der Waals surface area contributed by atoms with Crippen molar-refractivity contribution < 1.29 is 4.74 Å². The molecule has 1 atom stereocenters. The van der Waals surface area contributed by atoms with Crippen molar-refractivity contribution in [1.29, 1.82) is 5.41 Å². The minimum atomic E-state index is -0.811. The summed E-state index contributed by atoms with van der Waals surface area (Å²) in [7, 11) is 0. The molecular weight excluding hydrogens is 297 g/mol. The summed E-state index contributed by atoms with van der Waals surface area (Å²) in [5.41, 5.74) is 18.6. The summed E-state index contributed by atoms with van der Waals surface area (Å²) in [4.78, 5) is 0. The van der Waals surface area contributed by atoms with Gasteiger partial charge in [-0.3, -0.25) is 5.41 Å². The largest absolute Gasteiger partial charge is 0.475 e. The van der Waals surface area contributed by atoms with Gasteiger partial charge in [0.25, 0.3) is 0 Å². The predicted molar refractivity (Wildman–Crippen MR) is 60.2 cm³/mol. The maximum atomic E-state index is 7.50. The number of rotatable bonds is 1. The Labute approximate surface area is 94.3 Å². The third-order valence-corrected chi connectivity index (χ3v) is 3.52. The smallest absolute Gasteiger partial charge is 0.193 e. The van der Waals surface area contributed by atoms with Gasteiger partial charge < -0.3 is 21.6 Å². The molecule has 6 nitrogen and oxygen atoms in total. The van der Waals surface area contributed by atoms with Crippen molar-refractivity contribution >= 4 is 28.4 Å². The quantitative estimate of drug-likeness (QED) is 0.144. The monoisotopic (exact) mass is 307 g/mol. The molecule has 0 aromatic carbocycles. The Morgan fingerprint density at radius 1 is 1.71 bits per heavy atom. The number of ether oxygens (including phenoxy) is 1. The lowest BCUT2D eigenvalue weighted by atomic mass is 10.0. The van der Waals surface area contributed by atoms with Crippen LogP contribution >= 0.6 is 22.6 Å². The van der Waals surface area contributed by atoms with Gasteiger partial charge in [0.2, 0.25) is 0 Å². The van der Waals surface area contributed by atoms with Crippen molar-refractivity contribution in [3.8, 4) is 0 Å². The van der Waals surface area contributed by atoms with E-state index < -0.39 is 3.55 Å². The van der Waals surface area contributed by atoms with E-state index >= 15 is 0 Å². The molecule has 1 unspecified atom stereocenters. The summed E-state index contributed by atoms with van der Waals surface area (Å²) in [6, 6.07) is 0. The average molecular weight is 307 g/mol. The van der Waals surface area contributed by atoms with Crippen molar-refractivity contribution in [3.63, 3.8) is 0 Å². The van der Waals surface area contributed by atoms with Crippen LogP contribution in [0.4, 0.5) is 0 Å². The van der Waals surface area contributed by atoms with Crippen LogP contribution in [-0.2, 0) is 4.74 Å². The Morgan fingerprint density at radius 3 is 3.07 bits per heavy atom. The van der Waals surface area contributed by atoms with Crippen LogP contribution < -0.4 is 22.3 Å². The highest BCUT2D eigenvalue weighted by molar-refractivity contribution is 14.1. The number of fused-ring (bicyclic) bond motifs is 1. The highest BCUT2D eigenvalue weighted by Gasteiger charge is 2.45. The molecule has 76 valence electrons. The zero-order valence-corrected chi connectivity index (χ0v) is 9.38. The first-order chi connectivity index (χ1) is 6.55. The number of hydrogen-bond acceptors (Lipinski definition) is 5. The van der Waals surface area contributed by atoms with Gasteiger partial charge in [-0.05, 0) is 28.7 Å². The molecular formula is C7H10IN5O. The Hall–Kier alpha value is -0.960. The summed E-state index contributed by atoms with van der Waals surface area (Å²) in [6.45, 7) is 0.434. The van der Waals surface area contributed by atoms with Crippen LogP contribution in [-0.4, -0.2) is 16.0 Å². The van der Waals surface area contributed by atoms with Gasteiger partial charge in [-0.1, -0.05) is 0 Å². The lowest BCUT2D eigenvalue weighted by molar-refractivity contribution is 0.234. The van der Waals surface area contributed by atoms with Gasteiger partial charge in [0.05, 0.1) is 11.3 Å². The summed E-state index contributed by atoms with van der Waals surface area (Å²) in [5, 5.41) is 7.50. The summed E-state index contributed by atoms with van der Waals surface area (Å²) in [5.74, 6) is 0.294. The maximum absolute atomic E-state index is 7.50. The molecule has 0 spiro atoms. The molecule has 0 bridgehead atoms. The van der Waals surface area contributed by atoms with E-state index in [0.717, 1.165) is 5.70 Å². The minimum absolute atomic E-state index is 0.0162. The van der Waals surface area contributed by atoms with Crippen molar-refractivity contribution in [2.75, 3.05) is 6.61 Å². The average Bonchev–Trinajstić information content (AvgIpc) is 2.47. The molecule has 7 heteroatoms. The van der Waals surface area contributed by atoms with Crippen LogP contribution in [0.3, 0.4) is 0 Å². The third-order valence-electron chi connectivity index (χ3n) is 2.13. The van der Waals surface area contributed by atoms with E-state index in [1.54, 1.807) is 0 Å². The van der Waals surface area contributed by atoms with Gasteiger partial charge in [-0.15, -0.1) is 0 Å². The number of nitrogens with two attached hydrogens (primary N) is 2. The first-order valence-electron chi connectivity index (χ1n) is 3.96. The Kier molecular flexibility index (Phi) is 2.07. The van der Waals surface area contributed by atoms with Crippen LogP contribution in [0.15, 0.2) is 23.2 Å². The molecule has 2 heterocycles. The molecule has 14 heavy (non-hydrogen) atoms. The Balaban J connectivity index is 2.51. The van der Waals surface area contributed by atoms with Gasteiger partial charge in [-0.2, -0.15) is 0 Å². The van der Waals surface area contributed by atoms with Gasteiger partial charge in [0.1, 0.15) is 12.4 Å². The molecule has 2 rings (SSSR count). The van der Waals surface area contributed by atoms with Crippen molar-refractivity contribution in [3.05, 3.63) is 23.2 Å². The molecule has 0 aromatic rings. The maximum Gasteiger partial charge on any atom is 0.193 e. The van der Waals surface area contributed by atoms with Gasteiger partial charge in [-0.25, -0.2) is 5.43 Å². The first-order valence-corrected chi connectivity index (χ1v) is 5.03. The van der Waals surface area contributed by atoms with Gasteiger partial charge >= 0.3 is 0 Å². The topological polar surface area (TPSA) is 109 Å². The standard InChI is InChI=1S/C7H10IN5O/c8-7(6(10)11)4-3(12-13-7)1-2-14-5(4)9/h1,12-13H,2,9H2,(H3,10,11). The zero-order chi connectivity index (χ0) is 10.3. The fraction of sp³-hybridized carbons (Fsp3) is 0.286. The number of amidine groups is 1. The van der Waals surface area contributed by atoms with Crippen LogP contribution in [0.2, 0.25) is 0 Å². The molecule has 7 N–H and O–H groups in total. The number of halogens is 1. The van der Waals surface area contributed by atoms with Crippen molar-refractivity contribution in [2.24, 2.45) is 11.5 Å². The lowest BCUT2D eigenvalue weighted by Crippen LogP contribution is -2.49. The van der Waals surface area contributed by atoms with Crippen LogP contribution in [0, 0.1) is 5.41 Å². The summed E-state index contributed by atoms with van der Waals surface area (Å²) < 4.78 is 4.37. The molecule has 0 aromatic heterocycles. The second-order valence-electron chi connectivity index (χ2n) is 2.99. The number of hydrogen-bond donors (Lipinski definition) is 5. The molecule has 0 aliphatic carbocycles. The van der Waals surface area contributed by atoms with E-state index in [9.17, 15) is 0 Å². The van der Waals surface area contributed by atoms with E-state index in [0.29, 0.717) is 18.1 Å². The Morgan fingerprint density at radius 2 is 2.43 bits per heavy atom. The first kappa shape index (κ1) is 9.59. The third kappa shape index (κ3) is 1.16. The minimum Gasteiger partial charge on any atom is -0.475 e. The van der Waals surface area contributed by atoms with E-state index in [2.05, 4.69) is 10.9 Å². The summed E-state index contributed by atoms with van der Waals surface area (Å²) >= 11 is 2.02. The number of hydrazine groups is 1. The highest BCUT2D eigenvalue weighted by Crippen LogP contribution is 2.36. The number of nitrogens with one attached hydrogen (secondary N) is 3. The van der Waals surface area contributed by atoms with Gasteiger partial charge in [0, 0.05) is 0 Å². The second-order valence-corrected chi connectivity index (χ2v) is 4.61. The lowest BCUT2D eigenvalue weighted by Gasteiger charge is -2.23. The molecule has 0 amide bonds. The highest BCUT2D eigenvalue weighted by atomic mass is 127. The second kappa shape index (κ2) is 3.02. The normalized spacial score (nSPS) is 30.2. The SMILES string of the molecule is N=C(N)C1(I)NNC2=CCOC(N)=C21. The van der Waals surface area contributed by atoms with E-state index in [1.165, 1.54) is 0 Å². The van der Waals surface area contributed by atoms with Crippen LogP contribution in [0.25, 0.3) is 0 Å². The van der Waals surface area contributed by atoms with Crippen molar-refractivity contribution in [1.82, 2.24) is 10.9 Å². The molecule has 2 aliphatic rings. The molecule has 1 saturated heterocycles. The molecule has 2 aliphatic heterocycles. The predicted octanol–water partition coefficient (Wildman–Crippen LogP) is -0.754. The van der Waals surface area contributed by atoms with E-state index in [-0.39, 0.29) is 5.84 Å². The molecule has 0 radical (unpaired) electrons. The van der Waals surface area contributed by atoms with Gasteiger partial charge in [0.15, 0.2) is 9.43 Å². The van der Waals surface area contributed by atoms with Crippen molar-refractivity contribution in [2.45, 2.75) is 3.55 Å². The summed E-state index contributed by atoms with van der Waals surface area (Å²) in [6.07, 6.45) is 1.85. The molecule has 1 fully saturated rings. The van der Waals surface area contributed by atoms with E-state index in [4.69, 9.17) is 21.6 Å². The fourth-order valence-electron chi connectivity index (χ4n) is 1.41. The Bertz CT molecular complexity index is 363. The number of alkyl halides is 1. The molecule has 0 saturated carbocycles. The van der Waals surface area contributed by atoms with Crippen LogP contribution in [0.5, 0.6) is 0 Å². The zero-order valence-electron chi connectivity index (χ0n) is 7.23. The van der Waals surface area contributed by atoms with Crippen LogP contribution in [0.1, 0.15) is 0 Å². The fourth-order valence-corrected chi connectivity index (χ4v) is 2.10.